The summed E-state index contributed by atoms with van der Waals surface area (Å²) in [6.07, 6.45) is 4.67. The minimum absolute atomic E-state index is 0.636. The summed E-state index contributed by atoms with van der Waals surface area (Å²) >= 11 is 0. The van der Waals surface area contributed by atoms with Crippen LogP contribution in [0.15, 0.2) is 30.6 Å². The smallest absolute Gasteiger partial charge is 0.144 e. The Hall–Kier alpha value is -1.81. The zero-order chi connectivity index (χ0) is 12.3. The van der Waals surface area contributed by atoms with Gasteiger partial charge in [0.25, 0.3) is 0 Å². The molecule has 4 heteroatoms. The van der Waals surface area contributed by atoms with Crippen molar-refractivity contribution >= 4 is 0 Å². The molecule has 17 heavy (non-hydrogen) atoms. The van der Waals surface area contributed by atoms with Crippen molar-refractivity contribution in [3.63, 3.8) is 0 Å². The second-order valence-electron chi connectivity index (χ2n) is 4.01. The number of aromatic nitrogens is 2. The predicted octanol–water partition coefficient (Wildman–Crippen LogP) is 1.69. The van der Waals surface area contributed by atoms with Crippen LogP contribution in [0.3, 0.4) is 0 Å². The maximum atomic E-state index is 5.53. The molecule has 90 valence electrons. The minimum atomic E-state index is 0.636. The fraction of sp³-hybridized carbons (Fsp3) is 0.308. The van der Waals surface area contributed by atoms with Crippen LogP contribution in [-0.2, 0) is 6.42 Å². The van der Waals surface area contributed by atoms with E-state index in [2.05, 4.69) is 11.2 Å². The van der Waals surface area contributed by atoms with Crippen LogP contribution < -0.4 is 10.5 Å². The zero-order valence-corrected chi connectivity index (χ0v) is 10.2. The molecule has 2 aromatic rings. The molecular weight excluding hydrogens is 214 g/mol. The van der Waals surface area contributed by atoms with E-state index in [4.69, 9.17) is 10.5 Å². The van der Waals surface area contributed by atoms with Gasteiger partial charge in [0.05, 0.1) is 13.3 Å². The van der Waals surface area contributed by atoms with E-state index in [9.17, 15) is 0 Å². The lowest BCUT2D eigenvalue weighted by molar-refractivity contribution is 0.411. The minimum Gasteiger partial charge on any atom is -0.494 e. The third kappa shape index (κ3) is 2.47. The first-order valence-corrected chi connectivity index (χ1v) is 5.63. The van der Waals surface area contributed by atoms with E-state index in [-0.39, 0.29) is 0 Å². The van der Waals surface area contributed by atoms with Gasteiger partial charge in [0.1, 0.15) is 11.4 Å². The highest BCUT2D eigenvalue weighted by Crippen LogP contribution is 2.23. The van der Waals surface area contributed by atoms with Crippen LogP contribution in [0.5, 0.6) is 5.75 Å². The number of benzene rings is 1. The predicted molar refractivity (Wildman–Crippen MR) is 67.6 cm³/mol. The number of hydrogen-bond donors (Lipinski definition) is 1. The van der Waals surface area contributed by atoms with Crippen molar-refractivity contribution in [2.24, 2.45) is 5.73 Å². The van der Waals surface area contributed by atoms with E-state index in [0.717, 1.165) is 23.4 Å². The third-order valence-electron chi connectivity index (χ3n) is 2.65. The number of nitrogens with two attached hydrogens (primary N) is 1. The van der Waals surface area contributed by atoms with Crippen molar-refractivity contribution in [1.29, 1.82) is 0 Å². The maximum Gasteiger partial charge on any atom is 0.144 e. The molecule has 2 N–H and O–H groups in total. The van der Waals surface area contributed by atoms with Crippen molar-refractivity contribution in [3.05, 3.63) is 41.7 Å². The molecule has 2 rings (SSSR count). The largest absolute Gasteiger partial charge is 0.494 e. The Bertz CT molecular complexity index is 505. The molecule has 1 aromatic carbocycles. The lowest BCUT2D eigenvalue weighted by Gasteiger charge is -2.09. The van der Waals surface area contributed by atoms with E-state index in [1.165, 1.54) is 5.56 Å². The molecule has 4 nitrogen and oxygen atoms in total. The summed E-state index contributed by atoms with van der Waals surface area (Å²) in [4.78, 5) is 0. The van der Waals surface area contributed by atoms with Crippen LogP contribution in [0, 0.1) is 6.92 Å². The Kier molecular flexibility index (Phi) is 3.44. The summed E-state index contributed by atoms with van der Waals surface area (Å²) in [7, 11) is 1.67. The molecule has 1 aromatic heterocycles. The summed E-state index contributed by atoms with van der Waals surface area (Å²) in [5.74, 6) is 0.818. The molecule has 0 spiro atoms. The SMILES string of the molecule is COc1ccc(C)cc1-n1cc(CCN)cn1. The van der Waals surface area contributed by atoms with Crippen LogP contribution in [0.25, 0.3) is 5.69 Å². The average Bonchev–Trinajstić information content (AvgIpc) is 2.78. The first-order chi connectivity index (χ1) is 8.24. The van der Waals surface area contributed by atoms with Gasteiger partial charge < -0.3 is 10.5 Å². The molecule has 0 unspecified atom stereocenters. The van der Waals surface area contributed by atoms with Gasteiger partial charge >= 0.3 is 0 Å². The third-order valence-corrected chi connectivity index (χ3v) is 2.65. The monoisotopic (exact) mass is 231 g/mol. The van der Waals surface area contributed by atoms with Crippen molar-refractivity contribution in [2.75, 3.05) is 13.7 Å². The van der Waals surface area contributed by atoms with Crippen LogP contribution in [-0.4, -0.2) is 23.4 Å². The zero-order valence-electron chi connectivity index (χ0n) is 10.2. The summed E-state index contributed by atoms with van der Waals surface area (Å²) in [5, 5.41) is 4.34. The molecule has 0 aliphatic heterocycles. The Morgan fingerprint density at radius 3 is 2.94 bits per heavy atom. The summed E-state index contributed by atoms with van der Waals surface area (Å²) in [6.45, 7) is 2.68. The van der Waals surface area contributed by atoms with Gasteiger partial charge in [-0.05, 0) is 43.1 Å². The van der Waals surface area contributed by atoms with E-state index in [1.54, 1.807) is 7.11 Å². The molecule has 0 aliphatic carbocycles. The van der Waals surface area contributed by atoms with Gasteiger partial charge in [-0.15, -0.1) is 0 Å². The second kappa shape index (κ2) is 5.01. The van der Waals surface area contributed by atoms with Crippen LogP contribution in [0.4, 0.5) is 0 Å². The van der Waals surface area contributed by atoms with Gasteiger partial charge in [-0.2, -0.15) is 5.10 Å². The number of methoxy groups -OCH3 is 1. The summed E-state index contributed by atoms with van der Waals surface area (Å²) in [5.41, 5.74) is 8.79. The first kappa shape index (κ1) is 11.7. The van der Waals surface area contributed by atoms with Gasteiger partial charge in [0, 0.05) is 6.20 Å². The molecule has 0 fully saturated rings. The quantitative estimate of drug-likeness (QED) is 0.871. The molecule has 0 atom stereocenters. The fourth-order valence-corrected chi connectivity index (χ4v) is 1.77. The molecule has 0 aliphatic rings. The number of aryl methyl sites for hydroxylation is 1. The second-order valence-corrected chi connectivity index (χ2v) is 4.01. The number of nitrogens with zero attached hydrogens (tertiary/aromatic N) is 2. The molecule has 0 bridgehead atoms. The number of ether oxygens (including phenoxy) is 1. The highest BCUT2D eigenvalue weighted by atomic mass is 16.5. The molecule has 1 heterocycles. The van der Waals surface area contributed by atoms with E-state index < -0.39 is 0 Å². The fourth-order valence-electron chi connectivity index (χ4n) is 1.77. The van der Waals surface area contributed by atoms with Gasteiger partial charge in [-0.25, -0.2) is 4.68 Å². The average molecular weight is 231 g/mol. The maximum absolute atomic E-state index is 5.53. The summed E-state index contributed by atoms with van der Waals surface area (Å²) in [6, 6.07) is 6.03. The van der Waals surface area contributed by atoms with Gasteiger partial charge in [0.15, 0.2) is 0 Å². The van der Waals surface area contributed by atoms with Gasteiger partial charge in [-0.3, -0.25) is 0 Å². The lowest BCUT2D eigenvalue weighted by Crippen LogP contribution is -2.02. The highest BCUT2D eigenvalue weighted by Gasteiger charge is 2.07. The Balaban J connectivity index is 2.40. The van der Waals surface area contributed by atoms with E-state index in [0.29, 0.717) is 6.54 Å². The van der Waals surface area contributed by atoms with Crippen molar-refractivity contribution in [1.82, 2.24) is 9.78 Å². The Morgan fingerprint density at radius 2 is 2.24 bits per heavy atom. The molecule has 0 saturated carbocycles. The molecule has 0 amide bonds. The molecule has 0 saturated heterocycles. The molecule has 0 radical (unpaired) electrons. The number of rotatable bonds is 4. The van der Waals surface area contributed by atoms with Crippen LogP contribution in [0.2, 0.25) is 0 Å². The van der Waals surface area contributed by atoms with Gasteiger partial charge in [0.2, 0.25) is 0 Å². The Morgan fingerprint density at radius 1 is 1.41 bits per heavy atom. The van der Waals surface area contributed by atoms with E-state index in [1.807, 2.05) is 36.1 Å². The summed E-state index contributed by atoms with van der Waals surface area (Å²) < 4.78 is 7.17. The standard InChI is InChI=1S/C13H17N3O/c1-10-3-4-13(17-2)12(7-10)16-9-11(5-6-14)8-15-16/h3-4,7-9H,5-6,14H2,1-2H3. The first-order valence-electron chi connectivity index (χ1n) is 5.63. The Labute approximate surface area is 101 Å². The lowest BCUT2D eigenvalue weighted by atomic mass is 10.2. The van der Waals surface area contributed by atoms with Crippen LogP contribution in [0.1, 0.15) is 11.1 Å². The molecular formula is C13H17N3O. The van der Waals surface area contributed by atoms with Gasteiger partial charge in [-0.1, -0.05) is 6.07 Å². The van der Waals surface area contributed by atoms with E-state index >= 15 is 0 Å². The number of hydrogen-bond acceptors (Lipinski definition) is 3. The topological polar surface area (TPSA) is 53.1 Å². The van der Waals surface area contributed by atoms with Crippen molar-refractivity contribution < 1.29 is 4.74 Å². The van der Waals surface area contributed by atoms with Crippen molar-refractivity contribution in [3.8, 4) is 11.4 Å². The highest BCUT2D eigenvalue weighted by molar-refractivity contribution is 5.48. The van der Waals surface area contributed by atoms with Crippen LogP contribution >= 0.6 is 0 Å². The normalized spacial score (nSPS) is 10.5. The van der Waals surface area contributed by atoms with Crippen molar-refractivity contribution in [2.45, 2.75) is 13.3 Å².